The fraction of sp³-hybridized carbons (Fsp3) is 0.471. The maximum Gasteiger partial charge on any atom is 0.249 e. The first-order chi connectivity index (χ1) is 9.22. The van der Waals surface area contributed by atoms with Crippen LogP contribution in [0, 0.1) is 0 Å². The molecular weight excluding hydrogens is 234 g/mol. The second kappa shape index (κ2) is 8.52. The Morgan fingerprint density at radius 2 is 1.74 bits per heavy atom. The van der Waals surface area contributed by atoms with E-state index in [1.165, 1.54) is 0 Å². The maximum absolute atomic E-state index is 12.5. The normalized spacial score (nSPS) is 11.4. The van der Waals surface area contributed by atoms with Crippen molar-refractivity contribution in [2.24, 2.45) is 0 Å². The second-order valence-corrected chi connectivity index (χ2v) is 4.66. The molecule has 1 amide bonds. The van der Waals surface area contributed by atoms with Gasteiger partial charge in [0.05, 0.1) is 0 Å². The minimum Gasteiger partial charge on any atom is -0.339 e. The number of amides is 1. The molecule has 0 spiro atoms. The van der Waals surface area contributed by atoms with Crippen LogP contribution in [-0.4, -0.2) is 23.9 Å². The largest absolute Gasteiger partial charge is 0.339 e. The number of unbranched alkanes of at least 4 members (excludes halogenated alkanes) is 1. The fourth-order valence-corrected chi connectivity index (χ4v) is 2.07. The van der Waals surface area contributed by atoms with Crippen LogP contribution in [0.25, 0.3) is 6.08 Å². The fourth-order valence-electron chi connectivity index (χ4n) is 2.07. The van der Waals surface area contributed by atoms with Gasteiger partial charge < -0.3 is 4.90 Å². The van der Waals surface area contributed by atoms with E-state index in [2.05, 4.69) is 6.92 Å². The summed E-state index contributed by atoms with van der Waals surface area (Å²) in [6.45, 7) is 7.76. The number of hydrogen-bond acceptors (Lipinski definition) is 1. The molecule has 1 rings (SSSR count). The summed E-state index contributed by atoms with van der Waals surface area (Å²) in [6.07, 6.45) is 5.07. The third-order valence-electron chi connectivity index (χ3n) is 3.27. The Balaban J connectivity index is 2.94. The van der Waals surface area contributed by atoms with Crippen LogP contribution in [0.5, 0.6) is 0 Å². The van der Waals surface area contributed by atoms with E-state index in [9.17, 15) is 4.79 Å². The molecule has 0 radical (unpaired) electrons. The van der Waals surface area contributed by atoms with E-state index in [4.69, 9.17) is 0 Å². The van der Waals surface area contributed by atoms with Crippen LogP contribution in [0.2, 0.25) is 0 Å². The lowest BCUT2D eigenvalue weighted by atomic mass is 10.0. The number of hydrogen-bond donors (Lipinski definition) is 0. The molecule has 0 atom stereocenters. The SMILES string of the molecule is CCCC/C(=C/c1ccccc1)C(=O)N(CC)CC. The molecule has 0 heterocycles. The lowest BCUT2D eigenvalue weighted by molar-refractivity contribution is -0.126. The third-order valence-corrected chi connectivity index (χ3v) is 3.27. The number of rotatable bonds is 7. The number of carbonyl (C=O) groups excluding carboxylic acids is 1. The van der Waals surface area contributed by atoms with Crippen LogP contribution in [0.4, 0.5) is 0 Å². The van der Waals surface area contributed by atoms with E-state index >= 15 is 0 Å². The standard InChI is InChI=1S/C17H25NO/c1-4-7-13-16(17(19)18(5-2)6-3)14-15-11-9-8-10-12-15/h8-12,14H,4-7,13H2,1-3H3/b16-14-. The second-order valence-electron chi connectivity index (χ2n) is 4.66. The molecule has 0 aliphatic carbocycles. The van der Waals surface area contributed by atoms with Gasteiger partial charge >= 0.3 is 0 Å². The van der Waals surface area contributed by atoms with Crippen LogP contribution < -0.4 is 0 Å². The summed E-state index contributed by atoms with van der Waals surface area (Å²) in [5.74, 6) is 0.183. The zero-order valence-electron chi connectivity index (χ0n) is 12.4. The van der Waals surface area contributed by atoms with Gasteiger partial charge in [0.2, 0.25) is 5.91 Å². The maximum atomic E-state index is 12.5. The first kappa shape index (κ1) is 15.5. The smallest absolute Gasteiger partial charge is 0.249 e. The molecule has 0 fully saturated rings. The van der Waals surface area contributed by atoms with Crippen molar-refractivity contribution in [3.8, 4) is 0 Å². The van der Waals surface area contributed by atoms with Crippen molar-refractivity contribution in [1.29, 1.82) is 0 Å². The van der Waals surface area contributed by atoms with E-state index in [0.29, 0.717) is 0 Å². The minimum absolute atomic E-state index is 0.183. The lowest BCUT2D eigenvalue weighted by Crippen LogP contribution is -2.31. The van der Waals surface area contributed by atoms with Crippen LogP contribution in [-0.2, 0) is 4.79 Å². The van der Waals surface area contributed by atoms with Crippen LogP contribution in [0.1, 0.15) is 45.6 Å². The molecule has 104 valence electrons. The molecule has 0 bridgehead atoms. The molecule has 0 saturated heterocycles. The monoisotopic (exact) mass is 259 g/mol. The molecule has 0 saturated carbocycles. The van der Waals surface area contributed by atoms with Gasteiger partial charge in [0.1, 0.15) is 0 Å². The van der Waals surface area contributed by atoms with Crippen molar-refractivity contribution >= 4 is 12.0 Å². The van der Waals surface area contributed by atoms with E-state index in [0.717, 1.165) is 43.5 Å². The van der Waals surface area contributed by atoms with Gasteiger partial charge in [0.25, 0.3) is 0 Å². The molecule has 1 aromatic carbocycles. The summed E-state index contributed by atoms with van der Waals surface area (Å²) in [5.41, 5.74) is 2.03. The van der Waals surface area contributed by atoms with Gasteiger partial charge in [-0.1, -0.05) is 43.7 Å². The van der Waals surface area contributed by atoms with Crippen molar-refractivity contribution in [3.05, 3.63) is 41.5 Å². The highest BCUT2D eigenvalue weighted by atomic mass is 16.2. The number of carbonyl (C=O) groups is 1. The molecule has 0 unspecified atom stereocenters. The summed E-state index contributed by atoms with van der Waals surface area (Å²) in [7, 11) is 0. The van der Waals surface area contributed by atoms with Crippen molar-refractivity contribution < 1.29 is 4.79 Å². The lowest BCUT2D eigenvalue weighted by Gasteiger charge is -2.20. The minimum atomic E-state index is 0.183. The number of benzene rings is 1. The molecule has 1 aromatic rings. The first-order valence-electron chi connectivity index (χ1n) is 7.27. The predicted molar refractivity (Wildman–Crippen MR) is 81.9 cm³/mol. The molecule has 19 heavy (non-hydrogen) atoms. The van der Waals surface area contributed by atoms with Crippen LogP contribution in [0.15, 0.2) is 35.9 Å². The Labute approximate surface area is 117 Å². The van der Waals surface area contributed by atoms with Gasteiger partial charge in [-0.3, -0.25) is 4.79 Å². The van der Waals surface area contributed by atoms with Crippen molar-refractivity contribution in [2.75, 3.05) is 13.1 Å². The van der Waals surface area contributed by atoms with Crippen molar-refractivity contribution in [3.63, 3.8) is 0 Å². The number of nitrogens with zero attached hydrogens (tertiary/aromatic N) is 1. The molecule has 2 heteroatoms. The highest BCUT2D eigenvalue weighted by molar-refractivity contribution is 5.97. The average molecular weight is 259 g/mol. The quantitative estimate of drug-likeness (QED) is 0.674. The van der Waals surface area contributed by atoms with Crippen molar-refractivity contribution in [1.82, 2.24) is 4.90 Å². The Hall–Kier alpha value is -1.57. The van der Waals surface area contributed by atoms with Crippen LogP contribution >= 0.6 is 0 Å². The topological polar surface area (TPSA) is 20.3 Å². The Morgan fingerprint density at radius 1 is 1.11 bits per heavy atom. The third kappa shape index (κ3) is 4.90. The van der Waals surface area contributed by atoms with Crippen molar-refractivity contribution in [2.45, 2.75) is 40.0 Å². The molecule has 0 aliphatic rings. The predicted octanol–water partition coefficient (Wildman–Crippen LogP) is 4.13. The summed E-state index contributed by atoms with van der Waals surface area (Å²) < 4.78 is 0. The molecule has 0 aromatic heterocycles. The summed E-state index contributed by atoms with van der Waals surface area (Å²) in [5, 5.41) is 0. The first-order valence-corrected chi connectivity index (χ1v) is 7.27. The van der Waals surface area contributed by atoms with Gasteiger partial charge in [-0.2, -0.15) is 0 Å². The molecule has 0 N–H and O–H groups in total. The van der Waals surface area contributed by atoms with Gasteiger partial charge in [-0.05, 0) is 38.3 Å². The van der Waals surface area contributed by atoms with E-state index < -0.39 is 0 Å². The van der Waals surface area contributed by atoms with E-state index in [1.54, 1.807) is 0 Å². The zero-order chi connectivity index (χ0) is 14.1. The summed E-state index contributed by atoms with van der Waals surface area (Å²) in [6, 6.07) is 10.1. The molecule has 0 aliphatic heterocycles. The highest BCUT2D eigenvalue weighted by Gasteiger charge is 2.14. The van der Waals surface area contributed by atoms with E-state index in [1.807, 2.05) is 55.2 Å². The Bertz CT molecular complexity index is 405. The summed E-state index contributed by atoms with van der Waals surface area (Å²) >= 11 is 0. The Kier molecular flexibility index (Phi) is 6.94. The Morgan fingerprint density at radius 3 is 2.26 bits per heavy atom. The molecular formula is C17H25NO. The zero-order valence-corrected chi connectivity index (χ0v) is 12.4. The molecule has 2 nitrogen and oxygen atoms in total. The van der Waals surface area contributed by atoms with E-state index in [-0.39, 0.29) is 5.91 Å². The van der Waals surface area contributed by atoms with Gasteiger partial charge in [-0.15, -0.1) is 0 Å². The number of likely N-dealkylation sites (N-methyl/N-ethyl adjacent to an activating group) is 1. The van der Waals surface area contributed by atoms with Crippen LogP contribution in [0.3, 0.4) is 0 Å². The average Bonchev–Trinajstić information content (AvgIpc) is 2.45. The van der Waals surface area contributed by atoms with Gasteiger partial charge in [0.15, 0.2) is 0 Å². The van der Waals surface area contributed by atoms with Gasteiger partial charge in [0, 0.05) is 18.7 Å². The highest BCUT2D eigenvalue weighted by Crippen LogP contribution is 2.15. The summed E-state index contributed by atoms with van der Waals surface area (Å²) in [4.78, 5) is 14.4. The van der Waals surface area contributed by atoms with Gasteiger partial charge in [-0.25, -0.2) is 0 Å².